The molecule has 0 atom stereocenters. The zero-order valence-corrected chi connectivity index (χ0v) is 10.7. The molecule has 1 aromatic carbocycles. The highest BCUT2D eigenvalue weighted by atomic mass is 35.5. The normalized spacial score (nSPS) is 11.6. The average Bonchev–Trinajstić information content (AvgIpc) is 2.28. The van der Waals surface area contributed by atoms with E-state index < -0.39 is 11.7 Å². The van der Waals surface area contributed by atoms with Gasteiger partial charge in [-0.05, 0) is 24.6 Å². The Labute approximate surface area is 109 Å². The van der Waals surface area contributed by atoms with Gasteiger partial charge in [-0.25, -0.2) is 0 Å². The topological polar surface area (TPSA) is 17.1 Å². The van der Waals surface area contributed by atoms with E-state index in [4.69, 9.17) is 11.6 Å². The van der Waals surface area contributed by atoms with Gasteiger partial charge < -0.3 is 0 Å². The van der Waals surface area contributed by atoms with Gasteiger partial charge in [0, 0.05) is 12.0 Å². The highest BCUT2D eigenvalue weighted by molar-refractivity contribution is 6.34. The first-order valence-corrected chi connectivity index (χ1v) is 6.14. The molecule has 0 bridgehead atoms. The van der Waals surface area contributed by atoms with Crippen LogP contribution in [-0.4, -0.2) is 5.78 Å². The summed E-state index contributed by atoms with van der Waals surface area (Å²) in [6, 6.07) is 2.83. The summed E-state index contributed by atoms with van der Waals surface area (Å²) < 4.78 is 37.5. The van der Waals surface area contributed by atoms with Gasteiger partial charge in [0.25, 0.3) is 0 Å². The van der Waals surface area contributed by atoms with Crippen LogP contribution in [0.1, 0.15) is 48.5 Å². The van der Waals surface area contributed by atoms with E-state index in [0.29, 0.717) is 6.42 Å². The minimum Gasteiger partial charge on any atom is -0.294 e. The van der Waals surface area contributed by atoms with E-state index in [1.54, 1.807) is 0 Å². The van der Waals surface area contributed by atoms with Crippen LogP contribution in [-0.2, 0) is 6.18 Å². The largest absolute Gasteiger partial charge is 0.416 e. The zero-order chi connectivity index (χ0) is 13.8. The van der Waals surface area contributed by atoms with E-state index in [1.165, 1.54) is 0 Å². The van der Waals surface area contributed by atoms with Crippen LogP contribution in [0.4, 0.5) is 13.2 Å². The Bertz CT molecular complexity index is 427. The van der Waals surface area contributed by atoms with Crippen molar-refractivity contribution in [1.82, 2.24) is 0 Å². The number of ketones is 1. The summed E-state index contributed by atoms with van der Waals surface area (Å²) in [5, 5.41) is 0.0736. The van der Waals surface area contributed by atoms with Crippen LogP contribution < -0.4 is 0 Å². The van der Waals surface area contributed by atoms with Gasteiger partial charge in [-0.15, -0.1) is 0 Å². The number of unbranched alkanes of at least 4 members (excludes halogenated alkanes) is 2. The number of carbonyl (C=O) groups is 1. The molecule has 0 fully saturated rings. The Morgan fingerprint density at radius 1 is 1.28 bits per heavy atom. The molecular weight excluding hydrogens is 265 g/mol. The summed E-state index contributed by atoms with van der Waals surface area (Å²) in [7, 11) is 0. The number of rotatable bonds is 5. The molecule has 0 amide bonds. The van der Waals surface area contributed by atoms with Crippen molar-refractivity contribution < 1.29 is 18.0 Å². The minimum atomic E-state index is -4.46. The Hall–Kier alpha value is -1.03. The van der Waals surface area contributed by atoms with Crippen LogP contribution in [0, 0.1) is 0 Å². The van der Waals surface area contributed by atoms with Crippen LogP contribution in [0.25, 0.3) is 0 Å². The van der Waals surface area contributed by atoms with Gasteiger partial charge in [0.15, 0.2) is 5.78 Å². The number of hydrogen-bond acceptors (Lipinski definition) is 1. The lowest BCUT2D eigenvalue weighted by atomic mass is 10.0. The average molecular weight is 279 g/mol. The quantitative estimate of drug-likeness (QED) is 0.539. The molecule has 1 nitrogen and oxygen atoms in total. The Kier molecular flexibility index (Phi) is 5.20. The smallest absolute Gasteiger partial charge is 0.294 e. The molecule has 0 heterocycles. The van der Waals surface area contributed by atoms with Crippen LogP contribution >= 0.6 is 11.6 Å². The monoisotopic (exact) mass is 278 g/mol. The fourth-order valence-corrected chi connectivity index (χ4v) is 1.81. The second-order valence-corrected chi connectivity index (χ2v) is 4.48. The maximum Gasteiger partial charge on any atom is 0.416 e. The number of alkyl halides is 3. The second kappa shape index (κ2) is 6.23. The number of benzene rings is 1. The van der Waals surface area contributed by atoms with E-state index in [-0.39, 0.29) is 22.8 Å². The molecule has 0 spiro atoms. The lowest BCUT2D eigenvalue weighted by molar-refractivity contribution is -0.137. The minimum absolute atomic E-state index is 0.0393. The first kappa shape index (κ1) is 15.0. The molecular formula is C13H14ClF3O. The van der Waals surface area contributed by atoms with Crippen LogP contribution in [0.2, 0.25) is 5.02 Å². The van der Waals surface area contributed by atoms with Crippen LogP contribution in [0.15, 0.2) is 18.2 Å². The summed E-state index contributed by atoms with van der Waals surface area (Å²) >= 11 is 5.77. The van der Waals surface area contributed by atoms with Crippen molar-refractivity contribution >= 4 is 17.4 Å². The molecule has 0 aliphatic carbocycles. The molecule has 1 rings (SSSR count). The summed E-state index contributed by atoms with van der Waals surface area (Å²) in [4.78, 5) is 11.8. The van der Waals surface area contributed by atoms with Crippen LogP contribution in [0.5, 0.6) is 0 Å². The van der Waals surface area contributed by atoms with Gasteiger partial charge in [-0.1, -0.05) is 31.4 Å². The van der Waals surface area contributed by atoms with Gasteiger partial charge in [-0.3, -0.25) is 4.79 Å². The van der Waals surface area contributed by atoms with Gasteiger partial charge in [-0.2, -0.15) is 13.2 Å². The SMILES string of the molecule is CCCCCC(=O)c1cc(C(F)(F)F)ccc1Cl. The zero-order valence-electron chi connectivity index (χ0n) is 9.98. The Morgan fingerprint density at radius 2 is 1.94 bits per heavy atom. The lowest BCUT2D eigenvalue weighted by Crippen LogP contribution is -2.08. The number of Topliss-reactive ketones (excluding diaryl/α,β-unsaturated/α-hetero) is 1. The predicted octanol–water partition coefficient (Wildman–Crippen LogP) is 5.12. The molecule has 5 heteroatoms. The maximum absolute atomic E-state index is 12.5. The standard InChI is InChI=1S/C13H14ClF3O/c1-2-3-4-5-12(18)10-8-9(13(15,16)17)6-7-11(10)14/h6-8H,2-5H2,1H3. The lowest BCUT2D eigenvalue weighted by Gasteiger charge is -2.09. The summed E-state index contributed by atoms with van der Waals surface area (Å²) in [6.07, 6.45) is -1.73. The Morgan fingerprint density at radius 3 is 2.50 bits per heavy atom. The van der Waals surface area contributed by atoms with Gasteiger partial charge in [0.2, 0.25) is 0 Å². The number of hydrogen-bond donors (Lipinski definition) is 0. The molecule has 0 aliphatic heterocycles. The molecule has 0 saturated heterocycles. The molecule has 100 valence electrons. The molecule has 0 saturated carbocycles. The second-order valence-electron chi connectivity index (χ2n) is 4.07. The third-order valence-corrected chi connectivity index (χ3v) is 2.93. The number of carbonyl (C=O) groups excluding carboxylic acids is 1. The molecule has 0 aliphatic rings. The molecule has 1 aromatic rings. The van der Waals surface area contributed by atoms with Gasteiger partial charge >= 0.3 is 6.18 Å². The molecule has 0 N–H and O–H groups in total. The van der Waals surface area contributed by atoms with E-state index in [2.05, 4.69) is 0 Å². The molecule has 0 unspecified atom stereocenters. The van der Waals surface area contributed by atoms with E-state index in [0.717, 1.165) is 31.0 Å². The van der Waals surface area contributed by atoms with Crippen molar-refractivity contribution in [3.05, 3.63) is 34.3 Å². The third-order valence-electron chi connectivity index (χ3n) is 2.60. The summed E-state index contributed by atoms with van der Waals surface area (Å²) in [5.41, 5.74) is -0.881. The van der Waals surface area contributed by atoms with Crippen LogP contribution in [0.3, 0.4) is 0 Å². The molecule has 18 heavy (non-hydrogen) atoms. The van der Waals surface area contributed by atoms with Crippen molar-refractivity contribution in [3.8, 4) is 0 Å². The predicted molar refractivity (Wildman–Crippen MR) is 64.9 cm³/mol. The summed E-state index contributed by atoms with van der Waals surface area (Å²) in [6.45, 7) is 1.99. The number of halogens is 4. The van der Waals surface area contributed by atoms with Crippen molar-refractivity contribution in [3.63, 3.8) is 0 Å². The maximum atomic E-state index is 12.5. The fourth-order valence-electron chi connectivity index (χ4n) is 1.59. The first-order valence-electron chi connectivity index (χ1n) is 5.76. The molecule has 0 radical (unpaired) electrons. The fraction of sp³-hybridized carbons (Fsp3) is 0.462. The first-order chi connectivity index (χ1) is 8.36. The van der Waals surface area contributed by atoms with E-state index in [9.17, 15) is 18.0 Å². The van der Waals surface area contributed by atoms with Gasteiger partial charge in [0.1, 0.15) is 0 Å². The van der Waals surface area contributed by atoms with Crippen molar-refractivity contribution in [2.24, 2.45) is 0 Å². The van der Waals surface area contributed by atoms with Crippen molar-refractivity contribution in [1.29, 1.82) is 0 Å². The Balaban J connectivity index is 2.90. The summed E-state index contributed by atoms with van der Waals surface area (Å²) in [5.74, 6) is -0.334. The third kappa shape index (κ3) is 4.02. The van der Waals surface area contributed by atoms with Gasteiger partial charge in [0.05, 0.1) is 10.6 Å². The highest BCUT2D eigenvalue weighted by Gasteiger charge is 2.31. The highest BCUT2D eigenvalue weighted by Crippen LogP contribution is 2.32. The van der Waals surface area contributed by atoms with Crippen molar-refractivity contribution in [2.45, 2.75) is 38.8 Å². The van der Waals surface area contributed by atoms with E-state index >= 15 is 0 Å². The van der Waals surface area contributed by atoms with Crippen molar-refractivity contribution in [2.75, 3.05) is 0 Å². The molecule has 0 aromatic heterocycles. The van der Waals surface area contributed by atoms with E-state index in [1.807, 2.05) is 6.92 Å².